The van der Waals surface area contributed by atoms with Crippen molar-refractivity contribution in [2.24, 2.45) is 0 Å². The Hall–Kier alpha value is -1.13. The number of rotatable bonds is 1. The third kappa shape index (κ3) is 1.66. The van der Waals surface area contributed by atoms with Crippen molar-refractivity contribution >= 4 is 0 Å². The van der Waals surface area contributed by atoms with Crippen molar-refractivity contribution in [3.63, 3.8) is 0 Å². The van der Waals surface area contributed by atoms with Gasteiger partial charge in [-0.3, -0.25) is 4.98 Å². The average Bonchev–Trinajstić information content (AvgIpc) is 1.94. The molecule has 0 saturated carbocycles. The first-order valence-electron chi connectivity index (χ1n) is 3.13. The molecule has 0 aromatic carbocycles. The molecule has 0 bridgehead atoms. The molecule has 0 amide bonds. The molecule has 0 fully saturated rings. The summed E-state index contributed by atoms with van der Waals surface area (Å²) in [5.74, 6) is -0.0319. The topological polar surface area (TPSA) is 73.6 Å². The zero-order valence-corrected chi connectivity index (χ0v) is 6.02. The summed E-state index contributed by atoms with van der Waals surface area (Å²) in [4.78, 5) is 3.73. The Balaban J connectivity index is 3.05. The van der Waals surface area contributed by atoms with Crippen LogP contribution in [0.1, 0.15) is 17.5 Å². The zero-order chi connectivity index (χ0) is 8.43. The summed E-state index contributed by atoms with van der Waals surface area (Å²) in [5, 5.41) is 26.4. The molecule has 4 heteroatoms. The fourth-order valence-corrected chi connectivity index (χ4v) is 0.678. The summed E-state index contributed by atoms with van der Waals surface area (Å²) in [5.41, 5.74) is 0.655. The Morgan fingerprint density at radius 1 is 1.45 bits per heavy atom. The predicted octanol–water partition coefficient (Wildman–Crippen LogP) is 0.0788. The number of hydrogen-bond acceptors (Lipinski definition) is 4. The molecule has 1 aromatic rings. The normalized spacial score (nSPS) is 10.5. The van der Waals surface area contributed by atoms with E-state index in [0.717, 1.165) is 0 Å². The van der Waals surface area contributed by atoms with Gasteiger partial charge in [0, 0.05) is 11.8 Å². The molecule has 0 atom stereocenters. The second-order valence-electron chi connectivity index (χ2n) is 2.25. The monoisotopic (exact) mass is 155 g/mol. The molecule has 1 heterocycles. The maximum absolute atomic E-state index is 9.06. The number of nitrogens with zero attached hydrogens (tertiary/aromatic N) is 1. The first-order chi connectivity index (χ1) is 5.11. The lowest BCUT2D eigenvalue weighted by molar-refractivity contribution is -0.0428. The maximum Gasteiger partial charge on any atom is 0.180 e. The van der Waals surface area contributed by atoms with Gasteiger partial charge in [0.25, 0.3) is 0 Å². The van der Waals surface area contributed by atoms with Crippen LogP contribution in [-0.2, 0) is 0 Å². The van der Waals surface area contributed by atoms with E-state index in [1.165, 1.54) is 12.3 Å². The minimum absolute atomic E-state index is 0.0319. The summed E-state index contributed by atoms with van der Waals surface area (Å²) >= 11 is 0. The van der Waals surface area contributed by atoms with Crippen LogP contribution in [0.25, 0.3) is 0 Å². The van der Waals surface area contributed by atoms with Gasteiger partial charge in [0.2, 0.25) is 0 Å². The van der Waals surface area contributed by atoms with Gasteiger partial charge < -0.3 is 15.3 Å². The highest BCUT2D eigenvalue weighted by molar-refractivity contribution is 5.29. The Bertz CT molecular complexity index is 260. The van der Waals surface area contributed by atoms with E-state index < -0.39 is 6.29 Å². The fraction of sp³-hybridized carbons (Fsp3) is 0.286. The van der Waals surface area contributed by atoms with Crippen LogP contribution in [0.15, 0.2) is 12.3 Å². The summed E-state index contributed by atoms with van der Waals surface area (Å²) in [6.07, 6.45) is -0.270. The highest BCUT2D eigenvalue weighted by Gasteiger charge is 2.04. The van der Waals surface area contributed by atoms with Gasteiger partial charge in [0.1, 0.15) is 5.75 Å². The van der Waals surface area contributed by atoms with E-state index in [4.69, 9.17) is 15.3 Å². The van der Waals surface area contributed by atoms with Crippen molar-refractivity contribution < 1.29 is 15.3 Å². The first kappa shape index (κ1) is 7.97. The highest BCUT2D eigenvalue weighted by Crippen LogP contribution is 2.17. The molecule has 1 aromatic heterocycles. The van der Waals surface area contributed by atoms with Crippen molar-refractivity contribution in [3.8, 4) is 5.75 Å². The number of aliphatic hydroxyl groups excluding tert-OH is 1. The second-order valence-corrected chi connectivity index (χ2v) is 2.25. The zero-order valence-electron chi connectivity index (χ0n) is 6.02. The molecule has 60 valence electrons. The molecule has 3 N–H and O–H groups in total. The van der Waals surface area contributed by atoms with Crippen LogP contribution in [0.5, 0.6) is 5.75 Å². The summed E-state index contributed by atoms with van der Waals surface area (Å²) in [6.45, 7) is 1.63. The lowest BCUT2D eigenvalue weighted by atomic mass is 10.2. The quantitative estimate of drug-likeness (QED) is 0.502. The Morgan fingerprint density at radius 3 is 2.55 bits per heavy atom. The molecule has 0 saturated heterocycles. The van der Waals surface area contributed by atoms with Gasteiger partial charge in [-0.25, -0.2) is 0 Å². The van der Waals surface area contributed by atoms with Crippen molar-refractivity contribution in [2.45, 2.75) is 13.2 Å². The van der Waals surface area contributed by atoms with Gasteiger partial charge in [-0.2, -0.15) is 0 Å². The highest BCUT2D eigenvalue weighted by atomic mass is 16.5. The van der Waals surface area contributed by atoms with Crippen LogP contribution in [0, 0.1) is 6.92 Å². The van der Waals surface area contributed by atoms with Crippen molar-refractivity contribution in [2.75, 3.05) is 0 Å². The number of hydrogen-bond donors (Lipinski definition) is 3. The number of pyridine rings is 1. The van der Waals surface area contributed by atoms with Gasteiger partial charge in [-0.05, 0) is 13.0 Å². The van der Waals surface area contributed by atoms with E-state index in [-0.39, 0.29) is 11.3 Å². The number of aryl methyl sites for hydroxylation is 1. The minimum atomic E-state index is -1.58. The lowest BCUT2D eigenvalue weighted by Gasteiger charge is -2.04. The van der Waals surface area contributed by atoms with Gasteiger partial charge in [-0.15, -0.1) is 0 Å². The molecule has 1 rings (SSSR count). The Labute approximate surface area is 63.8 Å². The standard InChI is InChI=1S/C7H9NO3/c1-4-6(9)2-5(3-8-4)7(10)11/h2-3,7,9-11H,1H3. The molecule has 0 aliphatic heterocycles. The number of aromatic hydroxyl groups is 1. The molecule has 0 spiro atoms. The smallest absolute Gasteiger partial charge is 0.180 e. The van der Waals surface area contributed by atoms with Crippen molar-refractivity contribution in [3.05, 3.63) is 23.5 Å². The Morgan fingerprint density at radius 2 is 2.09 bits per heavy atom. The second kappa shape index (κ2) is 2.86. The van der Waals surface area contributed by atoms with E-state index in [2.05, 4.69) is 4.98 Å². The average molecular weight is 155 g/mol. The maximum atomic E-state index is 9.06. The van der Waals surface area contributed by atoms with E-state index in [0.29, 0.717) is 5.69 Å². The van der Waals surface area contributed by atoms with Crippen molar-refractivity contribution in [1.82, 2.24) is 4.98 Å². The number of aliphatic hydroxyl groups is 2. The van der Waals surface area contributed by atoms with Crippen molar-refractivity contribution in [1.29, 1.82) is 0 Å². The van der Waals surface area contributed by atoms with Gasteiger partial charge in [0.05, 0.1) is 5.69 Å². The van der Waals surface area contributed by atoms with Gasteiger partial charge in [-0.1, -0.05) is 0 Å². The first-order valence-corrected chi connectivity index (χ1v) is 3.13. The van der Waals surface area contributed by atoms with Gasteiger partial charge in [0.15, 0.2) is 6.29 Å². The van der Waals surface area contributed by atoms with E-state index in [9.17, 15) is 0 Å². The van der Waals surface area contributed by atoms with E-state index >= 15 is 0 Å². The minimum Gasteiger partial charge on any atom is -0.506 e. The summed E-state index contributed by atoms with van der Waals surface area (Å²) in [6, 6.07) is 1.27. The SMILES string of the molecule is Cc1ncc(C(O)O)cc1O. The molecule has 11 heavy (non-hydrogen) atoms. The summed E-state index contributed by atoms with van der Waals surface area (Å²) in [7, 11) is 0. The summed E-state index contributed by atoms with van der Waals surface area (Å²) < 4.78 is 0. The molecule has 0 aliphatic carbocycles. The van der Waals surface area contributed by atoms with Crippen LogP contribution in [0.2, 0.25) is 0 Å². The molecular weight excluding hydrogens is 146 g/mol. The van der Waals surface area contributed by atoms with Crippen LogP contribution >= 0.6 is 0 Å². The lowest BCUT2D eigenvalue weighted by Crippen LogP contribution is -1.96. The number of aromatic nitrogens is 1. The fourth-order valence-electron chi connectivity index (χ4n) is 0.678. The van der Waals surface area contributed by atoms with E-state index in [1.807, 2.05) is 0 Å². The predicted molar refractivity (Wildman–Crippen MR) is 37.8 cm³/mol. The van der Waals surface area contributed by atoms with Crippen LogP contribution in [0.3, 0.4) is 0 Å². The van der Waals surface area contributed by atoms with Crippen LogP contribution in [-0.4, -0.2) is 20.3 Å². The third-order valence-electron chi connectivity index (χ3n) is 1.38. The molecular formula is C7H9NO3. The Kier molecular flexibility index (Phi) is 2.07. The van der Waals surface area contributed by atoms with Crippen LogP contribution < -0.4 is 0 Å². The van der Waals surface area contributed by atoms with Gasteiger partial charge >= 0.3 is 0 Å². The molecule has 4 nitrogen and oxygen atoms in total. The largest absolute Gasteiger partial charge is 0.506 e. The molecule has 0 radical (unpaired) electrons. The molecule has 0 aliphatic rings. The molecule has 0 unspecified atom stereocenters. The van der Waals surface area contributed by atoms with E-state index in [1.54, 1.807) is 6.92 Å². The third-order valence-corrected chi connectivity index (χ3v) is 1.38. The van der Waals surface area contributed by atoms with Crippen LogP contribution in [0.4, 0.5) is 0 Å².